The lowest BCUT2D eigenvalue weighted by molar-refractivity contribution is -0.119. The SMILES string of the molecule is CC(C)(C)S(=O)N1CCC[C@H]1C(=O)Nc1cccc2ccccc12. The van der Waals surface area contributed by atoms with Crippen LogP contribution in [0.15, 0.2) is 42.5 Å². The number of hydrogen-bond donors (Lipinski definition) is 1. The number of nitrogens with one attached hydrogen (secondary N) is 1. The van der Waals surface area contributed by atoms with Crippen molar-refractivity contribution >= 4 is 33.4 Å². The third-order valence-electron chi connectivity index (χ3n) is 4.29. The highest BCUT2D eigenvalue weighted by Gasteiger charge is 2.38. The van der Waals surface area contributed by atoms with Crippen molar-refractivity contribution in [1.82, 2.24) is 4.31 Å². The zero-order chi connectivity index (χ0) is 17.3. The molecule has 0 radical (unpaired) electrons. The predicted molar refractivity (Wildman–Crippen MR) is 100 cm³/mol. The van der Waals surface area contributed by atoms with Gasteiger partial charge in [0.2, 0.25) is 5.91 Å². The van der Waals surface area contributed by atoms with Gasteiger partial charge in [0.05, 0.1) is 4.75 Å². The lowest BCUT2D eigenvalue weighted by Crippen LogP contribution is -2.45. The summed E-state index contributed by atoms with van der Waals surface area (Å²) in [4.78, 5) is 12.8. The molecule has 1 amide bonds. The molecule has 0 spiro atoms. The van der Waals surface area contributed by atoms with Gasteiger partial charge >= 0.3 is 0 Å². The van der Waals surface area contributed by atoms with Gasteiger partial charge in [-0.25, -0.2) is 8.51 Å². The molecule has 0 aliphatic carbocycles. The Balaban J connectivity index is 1.82. The van der Waals surface area contributed by atoms with Crippen molar-refractivity contribution in [1.29, 1.82) is 0 Å². The molecule has 0 bridgehead atoms. The number of nitrogens with zero attached hydrogens (tertiary/aromatic N) is 1. The van der Waals surface area contributed by atoms with Crippen molar-refractivity contribution in [2.45, 2.75) is 44.4 Å². The van der Waals surface area contributed by atoms with Crippen molar-refractivity contribution in [3.8, 4) is 0 Å². The molecule has 2 atom stereocenters. The van der Waals surface area contributed by atoms with Crippen molar-refractivity contribution in [3.63, 3.8) is 0 Å². The summed E-state index contributed by atoms with van der Waals surface area (Å²) in [5, 5.41) is 5.17. The molecule has 2 aromatic carbocycles. The first-order valence-electron chi connectivity index (χ1n) is 8.35. The first kappa shape index (κ1) is 17.1. The standard InChI is InChI=1S/C19H24N2O2S/c1-19(2,3)24(23)21-13-7-12-17(21)18(22)20-16-11-6-9-14-8-4-5-10-15(14)16/h4-6,8-11,17H,7,12-13H2,1-3H3,(H,20,22)/t17-,24?/m0/s1. The average Bonchev–Trinajstić information content (AvgIpc) is 3.03. The fourth-order valence-corrected chi connectivity index (χ4v) is 4.53. The molecule has 24 heavy (non-hydrogen) atoms. The second-order valence-corrected chi connectivity index (χ2v) is 9.37. The van der Waals surface area contributed by atoms with Crippen LogP contribution in [-0.2, 0) is 15.8 Å². The molecule has 1 fully saturated rings. The second kappa shape index (κ2) is 6.65. The van der Waals surface area contributed by atoms with E-state index in [1.807, 2.05) is 67.5 Å². The van der Waals surface area contributed by atoms with Crippen LogP contribution in [0, 0.1) is 0 Å². The zero-order valence-corrected chi connectivity index (χ0v) is 15.2. The summed E-state index contributed by atoms with van der Waals surface area (Å²) in [5.41, 5.74) is 0.812. The van der Waals surface area contributed by atoms with Gasteiger partial charge in [-0.3, -0.25) is 4.79 Å². The molecular formula is C19H24N2O2S. The van der Waals surface area contributed by atoms with Gasteiger partial charge in [-0.2, -0.15) is 0 Å². The summed E-state index contributed by atoms with van der Waals surface area (Å²) in [6, 6.07) is 13.5. The van der Waals surface area contributed by atoms with E-state index in [-0.39, 0.29) is 16.7 Å². The second-order valence-electron chi connectivity index (χ2n) is 7.18. The quantitative estimate of drug-likeness (QED) is 0.923. The molecule has 1 saturated heterocycles. The Morgan fingerprint density at radius 1 is 1.17 bits per heavy atom. The van der Waals surface area contributed by atoms with Crippen molar-refractivity contribution in [2.24, 2.45) is 0 Å². The number of carbonyl (C=O) groups excluding carboxylic acids is 1. The molecule has 0 saturated carbocycles. The third kappa shape index (κ3) is 3.37. The largest absolute Gasteiger partial charge is 0.324 e. The maximum atomic E-state index is 12.8. The fraction of sp³-hybridized carbons (Fsp3) is 0.421. The van der Waals surface area contributed by atoms with Crippen LogP contribution < -0.4 is 5.32 Å². The average molecular weight is 344 g/mol. The summed E-state index contributed by atoms with van der Waals surface area (Å²) >= 11 is 0. The molecule has 0 aromatic heterocycles. The van der Waals surface area contributed by atoms with E-state index in [1.54, 1.807) is 0 Å². The van der Waals surface area contributed by atoms with Gasteiger partial charge in [-0.15, -0.1) is 0 Å². The van der Waals surface area contributed by atoms with Crippen molar-refractivity contribution < 1.29 is 9.00 Å². The van der Waals surface area contributed by atoms with Gasteiger partial charge in [0, 0.05) is 17.6 Å². The van der Waals surface area contributed by atoms with Crippen molar-refractivity contribution in [3.05, 3.63) is 42.5 Å². The maximum Gasteiger partial charge on any atom is 0.242 e. The molecule has 4 nitrogen and oxygen atoms in total. The minimum absolute atomic E-state index is 0.0681. The minimum atomic E-state index is -1.18. The highest BCUT2D eigenvalue weighted by molar-refractivity contribution is 7.84. The fourth-order valence-electron chi connectivity index (χ4n) is 3.10. The Morgan fingerprint density at radius 2 is 1.88 bits per heavy atom. The molecule has 128 valence electrons. The number of carbonyl (C=O) groups is 1. The molecule has 3 rings (SSSR count). The highest BCUT2D eigenvalue weighted by atomic mass is 32.2. The van der Waals surface area contributed by atoms with E-state index in [9.17, 15) is 9.00 Å². The molecule has 1 aliphatic heterocycles. The Hall–Kier alpha value is -1.72. The van der Waals surface area contributed by atoms with E-state index in [0.717, 1.165) is 29.3 Å². The van der Waals surface area contributed by atoms with Crippen LogP contribution >= 0.6 is 0 Å². The van der Waals surface area contributed by atoms with E-state index < -0.39 is 11.0 Å². The molecule has 1 heterocycles. The molecule has 5 heteroatoms. The topological polar surface area (TPSA) is 49.4 Å². The first-order chi connectivity index (χ1) is 11.4. The number of benzene rings is 2. The van der Waals surface area contributed by atoms with Crippen LogP contribution in [0.4, 0.5) is 5.69 Å². The van der Waals surface area contributed by atoms with Crippen LogP contribution in [0.5, 0.6) is 0 Å². The van der Waals surface area contributed by atoms with E-state index in [0.29, 0.717) is 6.54 Å². The minimum Gasteiger partial charge on any atom is -0.324 e. The highest BCUT2D eigenvalue weighted by Crippen LogP contribution is 2.28. The van der Waals surface area contributed by atoms with Gasteiger partial charge in [-0.1, -0.05) is 36.4 Å². The number of fused-ring (bicyclic) bond motifs is 1. The molecule has 2 aromatic rings. The molecule has 1 N–H and O–H groups in total. The van der Waals surface area contributed by atoms with Crippen LogP contribution in [0.3, 0.4) is 0 Å². The van der Waals surface area contributed by atoms with Gasteiger partial charge < -0.3 is 5.32 Å². The van der Waals surface area contributed by atoms with Crippen LogP contribution in [0.25, 0.3) is 10.8 Å². The van der Waals surface area contributed by atoms with Crippen LogP contribution in [0.2, 0.25) is 0 Å². The van der Waals surface area contributed by atoms with E-state index in [4.69, 9.17) is 0 Å². The van der Waals surface area contributed by atoms with E-state index in [1.165, 1.54) is 0 Å². The van der Waals surface area contributed by atoms with Crippen LogP contribution in [-0.4, -0.2) is 31.8 Å². The van der Waals surface area contributed by atoms with Gasteiger partial charge in [0.15, 0.2) is 0 Å². The summed E-state index contributed by atoms with van der Waals surface area (Å²) in [5.74, 6) is -0.0681. The van der Waals surface area contributed by atoms with E-state index >= 15 is 0 Å². The Labute approximate surface area is 145 Å². The van der Waals surface area contributed by atoms with Gasteiger partial charge in [0.1, 0.15) is 17.0 Å². The zero-order valence-electron chi connectivity index (χ0n) is 14.4. The normalized spacial score (nSPS) is 20.2. The third-order valence-corrected chi connectivity index (χ3v) is 6.20. The number of rotatable bonds is 3. The smallest absolute Gasteiger partial charge is 0.242 e. The van der Waals surface area contributed by atoms with Crippen molar-refractivity contribution in [2.75, 3.05) is 11.9 Å². The maximum absolute atomic E-state index is 12.8. The van der Waals surface area contributed by atoms with Gasteiger partial charge in [-0.05, 0) is 45.1 Å². The predicted octanol–water partition coefficient (Wildman–Crippen LogP) is 3.70. The number of anilines is 1. The molecular weight excluding hydrogens is 320 g/mol. The Morgan fingerprint density at radius 3 is 2.62 bits per heavy atom. The summed E-state index contributed by atoms with van der Waals surface area (Å²) < 4.78 is 14.2. The monoisotopic (exact) mass is 344 g/mol. The Kier molecular flexibility index (Phi) is 4.74. The van der Waals surface area contributed by atoms with Crippen LogP contribution in [0.1, 0.15) is 33.6 Å². The Bertz CT molecular complexity index is 777. The summed E-state index contributed by atoms with van der Waals surface area (Å²) in [6.07, 6.45) is 1.65. The summed E-state index contributed by atoms with van der Waals surface area (Å²) in [7, 11) is -1.18. The lowest BCUT2D eigenvalue weighted by atomic mass is 10.1. The summed E-state index contributed by atoms with van der Waals surface area (Å²) in [6.45, 7) is 6.54. The van der Waals surface area contributed by atoms with Gasteiger partial charge in [0.25, 0.3) is 0 Å². The number of amides is 1. The number of hydrogen-bond acceptors (Lipinski definition) is 2. The molecule has 1 unspecified atom stereocenters. The van der Waals surface area contributed by atoms with E-state index in [2.05, 4.69) is 5.32 Å². The molecule has 1 aliphatic rings. The first-order valence-corrected chi connectivity index (χ1v) is 9.46. The lowest BCUT2D eigenvalue weighted by Gasteiger charge is -2.29.